The number of Topliss-reactive ketones (excluding diaryl/α,β-unsaturated/α-hetero) is 1. The van der Waals surface area contributed by atoms with E-state index in [4.69, 9.17) is 21.2 Å². The van der Waals surface area contributed by atoms with Crippen LogP contribution in [0.2, 0.25) is 5.02 Å². The maximum atomic E-state index is 12.3. The molecule has 1 saturated heterocycles. The molecule has 0 unspecified atom stereocenters. The molecule has 0 bridgehead atoms. The fourth-order valence-corrected chi connectivity index (χ4v) is 3.04. The Hall–Kier alpha value is -2.37. The van der Waals surface area contributed by atoms with Crippen LogP contribution in [0.3, 0.4) is 0 Å². The number of ether oxygens (including phenoxy) is 1. The number of para-hydroxylation sites is 1. The number of hydrogen-bond acceptors (Lipinski definition) is 5. The van der Waals surface area contributed by atoms with Gasteiger partial charge in [-0.25, -0.2) is 9.90 Å². The largest absolute Gasteiger partial charge is 0.423 e. The number of nitrogens with zero attached hydrogens (tertiary/aromatic N) is 1. The fourth-order valence-electron chi connectivity index (χ4n) is 2.92. The van der Waals surface area contributed by atoms with Crippen molar-refractivity contribution in [1.29, 1.82) is 0 Å². The van der Waals surface area contributed by atoms with Gasteiger partial charge in [-0.1, -0.05) is 41.9 Å². The Morgan fingerprint density at radius 2 is 1.76 bits per heavy atom. The number of ketones is 1. The van der Waals surface area contributed by atoms with Crippen molar-refractivity contribution in [2.75, 3.05) is 5.06 Å². The second-order valence-electron chi connectivity index (χ2n) is 5.93. The summed E-state index contributed by atoms with van der Waals surface area (Å²) in [6.45, 7) is 2.62. The minimum Gasteiger partial charge on any atom is -0.423 e. The van der Waals surface area contributed by atoms with E-state index < -0.39 is 11.8 Å². The van der Waals surface area contributed by atoms with Crippen LogP contribution in [0.1, 0.15) is 31.9 Å². The van der Waals surface area contributed by atoms with Gasteiger partial charge in [-0.3, -0.25) is 9.59 Å². The van der Waals surface area contributed by atoms with Gasteiger partial charge < -0.3 is 4.74 Å². The molecule has 1 heterocycles. The highest BCUT2D eigenvalue weighted by molar-refractivity contribution is 6.30. The SMILES string of the molecule is CC(=O)O[C@@]1(C(C)=O)C[C@H](c2ccc(Cl)cc2)N(c2ccccc2)O1. The topological polar surface area (TPSA) is 55.8 Å². The van der Waals surface area contributed by atoms with Crippen molar-refractivity contribution in [3.8, 4) is 0 Å². The van der Waals surface area contributed by atoms with Gasteiger partial charge in [0.1, 0.15) is 0 Å². The number of carbonyl (C=O) groups is 2. The van der Waals surface area contributed by atoms with E-state index in [0.717, 1.165) is 11.3 Å². The Kier molecular flexibility index (Phi) is 4.79. The standard InChI is InChI=1S/C19H18ClNO4/c1-13(22)19(24-14(2)23)12-18(15-8-10-16(20)11-9-15)21(25-19)17-6-4-3-5-7-17/h3-11,18H,12H2,1-2H3/t18-,19+/m1/s1. The van der Waals surface area contributed by atoms with Gasteiger partial charge in [0.05, 0.1) is 18.2 Å². The number of hydroxylamine groups is 1. The lowest BCUT2D eigenvalue weighted by molar-refractivity contribution is -0.213. The van der Waals surface area contributed by atoms with E-state index in [9.17, 15) is 9.59 Å². The summed E-state index contributed by atoms with van der Waals surface area (Å²) in [5, 5.41) is 2.24. The van der Waals surface area contributed by atoms with Crippen molar-refractivity contribution in [2.45, 2.75) is 32.1 Å². The van der Waals surface area contributed by atoms with Gasteiger partial charge in [-0.05, 0) is 29.8 Å². The van der Waals surface area contributed by atoms with Gasteiger partial charge in [-0.2, -0.15) is 0 Å². The number of hydrogen-bond donors (Lipinski definition) is 0. The summed E-state index contributed by atoms with van der Waals surface area (Å²) in [7, 11) is 0. The highest BCUT2D eigenvalue weighted by atomic mass is 35.5. The number of benzene rings is 2. The molecule has 130 valence electrons. The third-order valence-corrected chi connectivity index (χ3v) is 4.35. The Bertz CT molecular complexity index is 778. The molecule has 1 aliphatic rings. The number of halogens is 1. The van der Waals surface area contributed by atoms with Gasteiger partial charge in [0.15, 0.2) is 0 Å². The van der Waals surface area contributed by atoms with Crippen LogP contribution in [-0.4, -0.2) is 17.5 Å². The van der Waals surface area contributed by atoms with E-state index >= 15 is 0 Å². The summed E-state index contributed by atoms with van der Waals surface area (Å²) >= 11 is 5.98. The summed E-state index contributed by atoms with van der Waals surface area (Å²) in [5.41, 5.74) is 1.67. The number of rotatable bonds is 4. The molecule has 5 nitrogen and oxygen atoms in total. The van der Waals surface area contributed by atoms with Gasteiger partial charge in [-0.15, -0.1) is 0 Å². The van der Waals surface area contributed by atoms with Gasteiger partial charge >= 0.3 is 5.97 Å². The first-order valence-corrected chi connectivity index (χ1v) is 8.28. The van der Waals surface area contributed by atoms with Crippen LogP contribution in [0.4, 0.5) is 5.69 Å². The highest BCUT2D eigenvalue weighted by Gasteiger charge is 2.53. The Labute approximate surface area is 151 Å². The number of esters is 1. The summed E-state index contributed by atoms with van der Waals surface area (Å²) in [6, 6.07) is 16.4. The number of carbonyl (C=O) groups excluding carboxylic acids is 2. The highest BCUT2D eigenvalue weighted by Crippen LogP contribution is 2.44. The second-order valence-corrected chi connectivity index (χ2v) is 6.36. The van der Waals surface area contributed by atoms with Crippen molar-refractivity contribution in [2.24, 2.45) is 0 Å². The lowest BCUT2D eigenvalue weighted by Gasteiger charge is -2.27. The molecule has 0 N–H and O–H groups in total. The monoisotopic (exact) mass is 359 g/mol. The van der Waals surface area contributed by atoms with Crippen molar-refractivity contribution >= 4 is 29.0 Å². The Morgan fingerprint density at radius 3 is 2.32 bits per heavy atom. The van der Waals surface area contributed by atoms with E-state index in [1.807, 2.05) is 42.5 Å². The van der Waals surface area contributed by atoms with E-state index in [-0.39, 0.29) is 18.2 Å². The first-order valence-electron chi connectivity index (χ1n) is 7.91. The maximum absolute atomic E-state index is 12.3. The van der Waals surface area contributed by atoms with Gasteiger partial charge in [0, 0.05) is 18.9 Å². The lowest BCUT2D eigenvalue weighted by atomic mass is 9.97. The van der Waals surface area contributed by atoms with Crippen molar-refractivity contribution in [3.63, 3.8) is 0 Å². The van der Waals surface area contributed by atoms with Crippen LogP contribution in [0, 0.1) is 0 Å². The van der Waals surface area contributed by atoms with Crippen molar-refractivity contribution in [1.82, 2.24) is 0 Å². The molecule has 0 spiro atoms. The summed E-state index contributed by atoms with van der Waals surface area (Å²) < 4.78 is 5.31. The zero-order valence-electron chi connectivity index (χ0n) is 13.9. The first kappa shape index (κ1) is 17.5. The quantitative estimate of drug-likeness (QED) is 0.770. The molecule has 0 radical (unpaired) electrons. The summed E-state index contributed by atoms with van der Waals surface area (Å²) in [5.74, 6) is -2.56. The first-order chi connectivity index (χ1) is 11.9. The van der Waals surface area contributed by atoms with Crippen LogP contribution in [-0.2, 0) is 19.2 Å². The molecular weight excluding hydrogens is 342 g/mol. The third kappa shape index (κ3) is 3.52. The zero-order chi connectivity index (χ0) is 18.0. The van der Waals surface area contributed by atoms with Crippen LogP contribution in [0.5, 0.6) is 0 Å². The minimum atomic E-state index is -1.63. The minimum absolute atomic E-state index is 0.193. The third-order valence-electron chi connectivity index (χ3n) is 4.10. The van der Waals surface area contributed by atoms with E-state index in [0.29, 0.717) is 5.02 Å². The number of anilines is 1. The molecule has 0 saturated carbocycles. The molecule has 6 heteroatoms. The Balaban J connectivity index is 2.04. The molecule has 25 heavy (non-hydrogen) atoms. The van der Waals surface area contributed by atoms with E-state index in [2.05, 4.69) is 0 Å². The predicted molar refractivity (Wildman–Crippen MR) is 94.0 cm³/mol. The van der Waals surface area contributed by atoms with Crippen LogP contribution >= 0.6 is 11.6 Å². The van der Waals surface area contributed by atoms with Crippen molar-refractivity contribution < 1.29 is 19.2 Å². The van der Waals surface area contributed by atoms with Crippen molar-refractivity contribution in [3.05, 3.63) is 65.2 Å². The average Bonchev–Trinajstić information content (AvgIpc) is 2.96. The van der Waals surface area contributed by atoms with Crippen LogP contribution in [0.25, 0.3) is 0 Å². The smallest absolute Gasteiger partial charge is 0.305 e. The molecular formula is C19H18ClNO4. The zero-order valence-corrected chi connectivity index (χ0v) is 14.7. The molecule has 0 aliphatic carbocycles. The molecule has 0 aromatic heterocycles. The lowest BCUT2D eigenvalue weighted by Crippen LogP contribution is -2.42. The molecule has 0 amide bonds. The average molecular weight is 360 g/mol. The summed E-state index contributed by atoms with van der Waals surface area (Å²) in [6.07, 6.45) is 0.193. The van der Waals surface area contributed by atoms with E-state index in [1.54, 1.807) is 17.2 Å². The van der Waals surface area contributed by atoms with Crippen LogP contribution in [0.15, 0.2) is 54.6 Å². The maximum Gasteiger partial charge on any atom is 0.305 e. The Morgan fingerprint density at radius 1 is 1.12 bits per heavy atom. The predicted octanol–water partition coefficient (Wildman–Crippen LogP) is 4.07. The molecule has 3 rings (SSSR count). The van der Waals surface area contributed by atoms with E-state index in [1.165, 1.54) is 13.8 Å². The normalized spacial score (nSPS) is 22.7. The molecule has 1 fully saturated rings. The molecule has 2 atom stereocenters. The second kappa shape index (κ2) is 6.86. The molecule has 2 aromatic carbocycles. The van der Waals surface area contributed by atoms with Crippen LogP contribution < -0.4 is 5.06 Å². The van der Waals surface area contributed by atoms with Gasteiger partial charge in [0.2, 0.25) is 5.78 Å². The summed E-state index contributed by atoms with van der Waals surface area (Å²) in [4.78, 5) is 29.7. The molecule has 1 aliphatic heterocycles. The fraction of sp³-hybridized carbons (Fsp3) is 0.263. The molecule has 2 aromatic rings. The van der Waals surface area contributed by atoms with Gasteiger partial charge in [0.25, 0.3) is 5.79 Å².